The Bertz CT molecular complexity index is 377. The SMILES string of the molecule is O=C(O)c1cc(Br)cc(C(=O)O)c1O. The smallest absolute Gasteiger partial charge is 0.339 e. The number of carbonyl (C=O) groups is 2. The predicted molar refractivity (Wildman–Crippen MR) is 49.7 cm³/mol. The molecule has 0 aliphatic carbocycles. The second-order valence-corrected chi connectivity index (χ2v) is 3.38. The van der Waals surface area contributed by atoms with Crippen LogP contribution >= 0.6 is 15.9 Å². The van der Waals surface area contributed by atoms with Gasteiger partial charge in [-0.3, -0.25) is 0 Å². The van der Waals surface area contributed by atoms with Crippen molar-refractivity contribution in [3.8, 4) is 5.75 Å². The Hall–Kier alpha value is -1.56. The third-order valence-corrected chi connectivity index (χ3v) is 1.99. The Kier molecular flexibility index (Phi) is 2.76. The summed E-state index contributed by atoms with van der Waals surface area (Å²) < 4.78 is 0.283. The van der Waals surface area contributed by atoms with Crippen LogP contribution < -0.4 is 0 Å². The number of benzene rings is 1. The number of carboxylic acids is 2. The highest BCUT2D eigenvalue weighted by molar-refractivity contribution is 9.10. The van der Waals surface area contributed by atoms with E-state index in [1.54, 1.807) is 0 Å². The van der Waals surface area contributed by atoms with Gasteiger partial charge in [0.1, 0.15) is 16.9 Å². The molecule has 14 heavy (non-hydrogen) atoms. The van der Waals surface area contributed by atoms with E-state index in [0.717, 1.165) is 12.1 Å². The Labute approximate surface area is 86.7 Å². The van der Waals surface area contributed by atoms with Gasteiger partial charge in [0.15, 0.2) is 0 Å². The Morgan fingerprint density at radius 2 is 1.43 bits per heavy atom. The van der Waals surface area contributed by atoms with Crippen LogP contribution in [0.5, 0.6) is 5.75 Å². The van der Waals surface area contributed by atoms with Crippen molar-refractivity contribution in [2.75, 3.05) is 0 Å². The summed E-state index contributed by atoms with van der Waals surface area (Å²) in [5, 5.41) is 26.5. The maximum Gasteiger partial charge on any atom is 0.339 e. The highest BCUT2D eigenvalue weighted by Crippen LogP contribution is 2.27. The van der Waals surface area contributed by atoms with Gasteiger partial charge in [-0.1, -0.05) is 15.9 Å². The molecule has 0 saturated heterocycles. The third kappa shape index (κ3) is 1.85. The Morgan fingerprint density at radius 3 is 1.71 bits per heavy atom. The first-order chi connectivity index (χ1) is 6.43. The molecule has 1 aromatic rings. The van der Waals surface area contributed by atoms with Crippen LogP contribution in [0.2, 0.25) is 0 Å². The first-order valence-electron chi connectivity index (χ1n) is 3.42. The quantitative estimate of drug-likeness (QED) is 0.750. The van der Waals surface area contributed by atoms with Crippen LogP contribution in [0.4, 0.5) is 0 Å². The standard InChI is InChI=1S/C8H5BrO5/c9-3-1-4(7(11)12)6(10)5(2-3)8(13)14/h1-2,10H,(H,11,12)(H,13,14). The summed E-state index contributed by atoms with van der Waals surface area (Å²) in [5.41, 5.74) is -0.895. The topological polar surface area (TPSA) is 94.8 Å². The molecule has 3 N–H and O–H groups in total. The molecule has 0 atom stereocenters. The van der Waals surface area contributed by atoms with Crippen molar-refractivity contribution in [1.29, 1.82) is 0 Å². The average molecular weight is 261 g/mol. The minimum absolute atomic E-state index is 0.283. The molecular formula is C8H5BrO5. The van der Waals surface area contributed by atoms with E-state index in [2.05, 4.69) is 15.9 Å². The van der Waals surface area contributed by atoms with Crippen molar-refractivity contribution in [3.63, 3.8) is 0 Å². The molecule has 0 bridgehead atoms. The van der Waals surface area contributed by atoms with Crippen LogP contribution in [0.1, 0.15) is 20.7 Å². The number of rotatable bonds is 2. The zero-order valence-corrected chi connectivity index (χ0v) is 8.28. The minimum Gasteiger partial charge on any atom is -0.506 e. The molecule has 0 radical (unpaired) electrons. The Balaban J connectivity index is 3.47. The molecular weight excluding hydrogens is 256 g/mol. The largest absolute Gasteiger partial charge is 0.506 e. The van der Waals surface area contributed by atoms with Gasteiger partial charge in [-0.15, -0.1) is 0 Å². The fourth-order valence-corrected chi connectivity index (χ4v) is 1.38. The van der Waals surface area contributed by atoms with Gasteiger partial charge in [0.05, 0.1) is 0 Å². The summed E-state index contributed by atoms with van der Waals surface area (Å²) in [5.74, 6) is -3.51. The van der Waals surface area contributed by atoms with E-state index in [1.807, 2.05) is 0 Å². The molecule has 0 saturated carbocycles. The lowest BCUT2D eigenvalue weighted by atomic mass is 10.1. The van der Waals surface area contributed by atoms with Crippen LogP contribution in [-0.4, -0.2) is 27.3 Å². The van der Waals surface area contributed by atoms with E-state index >= 15 is 0 Å². The molecule has 6 heteroatoms. The summed E-state index contributed by atoms with van der Waals surface area (Å²) in [7, 11) is 0. The van der Waals surface area contributed by atoms with Gasteiger partial charge in [0.2, 0.25) is 0 Å². The molecule has 0 aliphatic heterocycles. The van der Waals surface area contributed by atoms with E-state index in [4.69, 9.17) is 10.2 Å². The molecule has 5 nitrogen and oxygen atoms in total. The fraction of sp³-hybridized carbons (Fsp3) is 0. The van der Waals surface area contributed by atoms with Crippen LogP contribution in [-0.2, 0) is 0 Å². The van der Waals surface area contributed by atoms with Gasteiger partial charge in [-0.2, -0.15) is 0 Å². The summed E-state index contributed by atoms with van der Waals surface area (Å²) in [4.78, 5) is 21.2. The van der Waals surface area contributed by atoms with E-state index in [9.17, 15) is 14.7 Å². The second-order valence-electron chi connectivity index (χ2n) is 2.46. The van der Waals surface area contributed by atoms with Gasteiger partial charge in [-0.25, -0.2) is 9.59 Å². The lowest BCUT2D eigenvalue weighted by molar-refractivity contribution is 0.0691. The predicted octanol–water partition coefficient (Wildman–Crippen LogP) is 1.55. The molecule has 1 aromatic carbocycles. The van der Waals surface area contributed by atoms with Crippen molar-refractivity contribution in [2.45, 2.75) is 0 Å². The summed E-state index contributed by atoms with van der Waals surface area (Å²) in [6.07, 6.45) is 0. The van der Waals surface area contributed by atoms with Crippen molar-refractivity contribution in [3.05, 3.63) is 27.7 Å². The van der Waals surface area contributed by atoms with E-state index in [1.165, 1.54) is 0 Å². The van der Waals surface area contributed by atoms with Gasteiger partial charge in [0, 0.05) is 4.47 Å². The van der Waals surface area contributed by atoms with Gasteiger partial charge in [0.25, 0.3) is 0 Å². The first-order valence-corrected chi connectivity index (χ1v) is 4.22. The number of halogens is 1. The molecule has 0 spiro atoms. The molecule has 1 rings (SSSR count). The van der Waals surface area contributed by atoms with E-state index in [0.29, 0.717) is 0 Å². The molecule has 0 heterocycles. The molecule has 0 unspecified atom stereocenters. The number of hydrogen-bond donors (Lipinski definition) is 3. The highest BCUT2D eigenvalue weighted by Gasteiger charge is 2.18. The van der Waals surface area contributed by atoms with Crippen LogP contribution in [0.3, 0.4) is 0 Å². The number of carboxylic acid groups (broad SMARTS) is 2. The number of phenols is 1. The van der Waals surface area contributed by atoms with E-state index < -0.39 is 28.8 Å². The van der Waals surface area contributed by atoms with Gasteiger partial charge in [-0.05, 0) is 12.1 Å². The van der Waals surface area contributed by atoms with Crippen LogP contribution in [0.25, 0.3) is 0 Å². The van der Waals surface area contributed by atoms with Crippen molar-refractivity contribution in [2.24, 2.45) is 0 Å². The normalized spacial score (nSPS) is 9.79. The molecule has 74 valence electrons. The third-order valence-electron chi connectivity index (χ3n) is 1.54. The maximum atomic E-state index is 10.6. The molecule has 0 aromatic heterocycles. The second kappa shape index (κ2) is 3.67. The zero-order chi connectivity index (χ0) is 10.9. The fourth-order valence-electron chi connectivity index (χ4n) is 0.925. The first kappa shape index (κ1) is 10.5. The van der Waals surface area contributed by atoms with Gasteiger partial charge < -0.3 is 15.3 Å². The summed E-state index contributed by atoms with van der Waals surface area (Å²) in [6.45, 7) is 0. The van der Waals surface area contributed by atoms with Crippen molar-refractivity contribution in [1.82, 2.24) is 0 Å². The minimum atomic E-state index is -1.38. The van der Waals surface area contributed by atoms with Crippen LogP contribution in [0, 0.1) is 0 Å². The summed E-state index contributed by atoms with van der Waals surface area (Å²) >= 11 is 2.95. The lowest BCUT2D eigenvalue weighted by Gasteiger charge is -2.04. The summed E-state index contributed by atoms with van der Waals surface area (Å²) in [6, 6.07) is 2.26. The molecule has 0 aliphatic rings. The number of aromatic hydroxyl groups is 1. The Morgan fingerprint density at radius 1 is 1.07 bits per heavy atom. The number of hydrogen-bond acceptors (Lipinski definition) is 3. The highest BCUT2D eigenvalue weighted by atomic mass is 79.9. The van der Waals surface area contributed by atoms with Crippen molar-refractivity contribution < 1.29 is 24.9 Å². The maximum absolute atomic E-state index is 10.6. The molecule has 0 amide bonds. The van der Waals surface area contributed by atoms with Crippen molar-refractivity contribution >= 4 is 27.9 Å². The zero-order valence-electron chi connectivity index (χ0n) is 6.69. The monoisotopic (exact) mass is 260 g/mol. The number of aromatic carboxylic acids is 2. The molecule has 0 fully saturated rings. The average Bonchev–Trinajstić information content (AvgIpc) is 2.07. The van der Waals surface area contributed by atoms with Crippen LogP contribution in [0.15, 0.2) is 16.6 Å². The van der Waals surface area contributed by atoms with Gasteiger partial charge >= 0.3 is 11.9 Å². The lowest BCUT2D eigenvalue weighted by Crippen LogP contribution is -2.03. The van der Waals surface area contributed by atoms with E-state index in [-0.39, 0.29) is 4.47 Å².